The van der Waals surface area contributed by atoms with E-state index in [-0.39, 0.29) is 30.5 Å². The number of aromatic hydroxyl groups is 1. The van der Waals surface area contributed by atoms with Gasteiger partial charge in [-0.3, -0.25) is 19.2 Å². The van der Waals surface area contributed by atoms with E-state index in [0.29, 0.717) is 23.7 Å². The third kappa shape index (κ3) is 10.8. The Morgan fingerprint density at radius 1 is 1.06 bits per heavy atom. The summed E-state index contributed by atoms with van der Waals surface area (Å²) in [5.41, 5.74) is 0.680. The predicted octanol–water partition coefficient (Wildman–Crippen LogP) is 3.37. The van der Waals surface area contributed by atoms with Crippen LogP contribution in [0.2, 0.25) is 0 Å². The van der Waals surface area contributed by atoms with Gasteiger partial charge in [-0.25, -0.2) is 0 Å². The second-order valence-electron chi connectivity index (χ2n) is 9.48. The first kappa shape index (κ1) is 30.0. The van der Waals surface area contributed by atoms with Crippen molar-refractivity contribution in [1.82, 2.24) is 16.0 Å². The van der Waals surface area contributed by atoms with Crippen LogP contribution in [0.3, 0.4) is 0 Å². The topological polar surface area (TPSA) is 125 Å². The average Bonchev–Trinajstić information content (AvgIpc) is 3.35. The number of hydrogen-bond acceptors (Lipinski definition) is 7. The Kier molecular flexibility index (Phi) is 13.2. The molecule has 200 valence electrons. The van der Waals surface area contributed by atoms with Gasteiger partial charge in [0.25, 0.3) is 5.91 Å². The SMILES string of the molecule is CCNC(=O)C(=O)[C@H](Cc1ccc(O)cc1)NC(=O)[C@H](CC(C)C)NC(=O)CCCCC1CCSS1. The molecule has 0 spiro atoms. The molecule has 1 aliphatic rings. The first-order chi connectivity index (χ1) is 17.2. The van der Waals surface area contributed by atoms with Crippen molar-refractivity contribution in [3.05, 3.63) is 29.8 Å². The molecule has 0 aromatic heterocycles. The van der Waals surface area contributed by atoms with Crippen LogP contribution >= 0.6 is 21.6 Å². The number of carbonyl (C=O) groups is 4. The number of Topliss-reactive ketones (excluding diaryl/α,β-unsaturated/α-hetero) is 1. The first-order valence-corrected chi connectivity index (χ1v) is 15.1. The zero-order valence-corrected chi connectivity index (χ0v) is 23.0. The highest BCUT2D eigenvalue weighted by molar-refractivity contribution is 8.77. The molecule has 0 bridgehead atoms. The molecule has 1 saturated heterocycles. The zero-order valence-electron chi connectivity index (χ0n) is 21.4. The van der Waals surface area contributed by atoms with Gasteiger partial charge >= 0.3 is 0 Å². The van der Waals surface area contributed by atoms with Gasteiger partial charge in [-0.05, 0) is 56.2 Å². The van der Waals surface area contributed by atoms with Gasteiger partial charge in [-0.2, -0.15) is 0 Å². The lowest BCUT2D eigenvalue weighted by Crippen LogP contribution is -2.54. The van der Waals surface area contributed by atoms with Gasteiger partial charge in [0, 0.05) is 30.4 Å². The number of ketones is 1. The molecular formula is C26H39N3O5S2. The highest BCUT2D eigenvalue weighted by atomic mass is 33.1. The Hall–Kier alpha value is -2.20. The summed E-state index contributed by atoms with van der Waals surface area (Å²) in [5.74, 6) is -0.798. The van der Waals surface area contributed by atoms with E-state index in [1.54, 1.807) is 19.1 Å². The van der Waals surface area contributed by atoms with E-state index >= 15 is 0 Å². The Morgan fingerprint density at radius 3 is 2.39 bits per heavy atom. The number of hydrogen-bond donors (Lipinski definition) is 4. The molecule has 4 N–H and O–H groups in total. The molecule has 0 radical (unpaired) electrons. The summed E-state index contributed by atoms with van der Waals surface area (Å²) in [6.07, 6.45) is 4.91. The highest BCUT2D eigenvalue weighted by Crippen LogP contribution is 2.39. The minimum atomic E-state index is -1.10. The number of carbonyl (C=O) groups excluding carboxylic acids is 4. The molecule has 3 amide bonds. The lowest BCUT2D eigenvalue weighted by Gasteiger charge is -2.24. The second-order valence-corrected chi connectivity index (χ2v) is 12.3. The minimum Gasteiger partial charge on any atom is -0.508 e. The van der Waals surface area contributed by atoms with E-state index in [1.165, 1.54) is 24.3 Å². The minimum absolute atomic E-state index is 0.0787. The summed E-state index contributed by atoms with van der Waals surface area (Å²) in [5, 5.41) is 18.2. The van der Waals surface area contributed by atoms with Gasteiger partial charge in [-0.15, -0.1) is 0 Å². The van der Waals surface area contributed by atoms with Gasteiger partial charge in [0.1, 0.15) is 17.8 Å². The average molecular weight is 538 g/mol. The fourth-order valence-corrected chi connectivity index (χ4v) is 6.97. The standard InChI is InChI=1S/C26H39N3O5S2/c1-4-27-26(34)24(32)21(16-18-9-11-19(30)12-10-18)29-25(33)22(15-17(2)3)28-23(31)8-6-5-7-20-13-14-35-36-20/h9-12,17,20-22,30H,4-8,13-16H2,1-3H3,(H,27,34)(H,28,31)(H,29,33)/t20?,21-,22-/m0/s1. The van der Waals surface area contributed by atoms with Crippen molar-refractivity contribution in [3.8, 4) is 5.75 Å². The van der Waals surface area contributed by atoms with E-state index < -0.39 is 29.7 Å². The number of nitrogens with one attached hydrogen (secondary N) is 3. The summed E-state index contributed by atoms with van der Waals surface area (Å²) in [6.45, 7) is 5.90. The third-order valence-electron chi connectivity index (χ3n) is 5.84. The largest absolute Gasteiger partial charge is 0.508 e. The predicted molar refractivity (Wildman–Crippen MR) is 146 cm³/mol. The van der Waals surface area contributed by atoms with E-state index in [4.69, 9.17) is 0 Å². The Balaban J connectivity index is 2.01. The fourth-order valence-electron chi connectivity index (χ4n) is 3.95. The van der Waals surface area contributed by atoms with Gasteiger partial charge in [0.2, 0.25) is 17.6 Å². The summed E-state index contributed by atoms with van der Waals surface area (Å²) >= 11 is 0. The lowest BCUT2D eigenvalue weighted by atomic mass is 9.99. The third-order valence-corrected chi connectivity index (χ3v) is 8.84. The van der Waals surface area contributed by atoms with Crippen LogP contribution in [-0.2, 0) is 25.6 Å². The molecule has 0 saturated carbocycles. The number of likely N-dealkylation sites (N-methyl/N-ethyl adjacent to an activating group) is 1. The van der Waals surface area contributed by atoms with Crippen molar-refractivity contribution in [1.29, 1.82) is 0 Å². The van der Waals surface area contributed by atoms with Gasteiger partial charge < -0.3 is 21.1 Å². The number of rotatable bonds is 15. The lowest BCUT2D eigenvalue weighted by molar-refractivity contribution is -0.140. The maximum absolute atomic E-state index is 13.2. The van der Waals surface area contributed by atoms with Crippen molar-refractivity contribution >= 4 is 45.1 Å². The zero-order chi connectivity index (χ0) is 26.5. The second kappa shape index (κ2) is 15.8. The summed E-state index contributed by atoms with van der Waals surface area (Å²) in [7, 11) is 3.84. The van der Waals surface area contributed by atoms with E-state index in [2.05, 4.69) is 16.0 Å². The van der Waals surface area contributed by atoms with Gasteiger partial charge in [-0.1, -0.05) is 54.0 Å². The van der Waals surface area contributed by atoms with Crippen LogP contribution in [0.5, 0.6) is 5.75 Å². The Bertz CT molecular complexity index is 873. The number of benzene rings is 1. The molecule has 10 heteroatoms. The summed E-state index contributed by atoms with van der Waals surface area (Å²) in [4.78, 5) is 50.9. The van der Waals surface area contributed by atoms with Crippen LogP contribution in [0.15, 0.2) is 24.3 Å². The van der Waals surface area contributed by atoms with E-state index in [1.807, 2.05) is 35.4 Å². The van der Waals surface area contributed by atoms with Crippen LogP contribution < -0.4 is 16.0 Å². The number of phenolic OH excluding ortho intramolecular Hbond substituents is 1. The summed E-state index contributed by atoms with van der Waals surface area (Å²) < 4.78 is 0. The number of unbranched alkanes of at least 4 members (excludes halogenated alkanes) is 1. The highest BCUT2D eigenvalue weighted by Gasteiger charge is 2.30. The molecular weight excluding hydrogens is 498 g/mol. The smallest absolute Gasteiger partial charge is 0.289 e. The van der Waals surface area contributed by atoms with Gasteiger partial charge in [0.15, 0.2) is 0 Å². The molecule has 2 rings (SSSR count). The van der Waals surface area contributed by atoms with Crippen molar-refractivity contribution in [2.75, 3.05) is 12.3 Å². The van der Waals surface area contributed by atoms with Crippen molar-refractivity contribution in [2.45, 2.75) is 83.1 Å². The normalized spacial score (nSPS) is 16.8. The Labute approximate surface area is 221 Å². The van der Waals surface area contributed by atoms with Crippen LogP contribution in [0, 0.1) is 5.92 Å². The molecule has 1 fully saturated rings. The maximum atomic E-state index is 13.2. The molecule has 3 atom stereocenters. The molecule has 1 heterocycles. The number of amides is 3. The van der Waals surface area contributed by atoms with E-state index in [9.17, 15) is 24.3 Å². The van der Waals surface area contributed by atoms with Crippen LogP contribution in [0.25, 0.3) is 0 Å². The van der Waals surface area contributed by atoms with Crippen LogP contribution in [-0.4, -0.2) is 58.2 Å². The summed E-state index contributed by atoms with van der Waals surface area (Å²) in [6, 6.07) is 4.34. The van der Waals surface area contributed by atoms with E-state index in [0.717, 1.165) is 19.3 Å². The molecule has 1 aromatic carbocycles. The van der Waals surface area contributed by atoms with Crippen LogP contribution in [0.4, 0.5) is 0 Å². The monoisotopic (exact) mass is 537 g/mol. The maximum Gasteiger partial charge on any atom is 0.289 e. The molecule has 0 aliphatic carbocycles. The molecule has 8 nitrogen and oxygen atoms in total. The molecule has 1 unspecified atom stereocenters. The van der Waals surface area contributed by atoms with Crippen molar-refractivity contribution in [2.24, 2.45) is 5.92 Å². The number of phenols is 1. The fraction of sp³-hybridized carbons (Fsp3) is 0.615. The first-order valence-electron chi connectivity index (χ1n) is 12.7. The molecule has 36 heavy (non-hydrogen) atoms. The van der Waals surface area contributed by atoms with Crippen molar-refractivity contribution < 1.29 is 24.3 Å². The van der Waals surface area contributed by atoms with Crippen molar-refractivity contribution in [3.63, 3.8) is 0 Å². The van der Waals surface area contributed by atoms with Gasteiger partial charge in [0.05, 0.1) is 0 Å². The molecule has 1 aliphatic heterocycles. The van der Waals surface area contributed by atoms with Crippen LogP contribution in [0.1, 0.15) is 64.9 Å². The molecule has 1 aromatic rings. The quantitative estimate of drug-likeness (QED) is 0.154. The Morgan fingerprint density at radius 2 is 1.78 bits per heavy atom.